The molecule has 192 valence electrons. The zero-order valence-electron chi connectivity index (χ0n) is 20.7. The highest BCUT2D eigenvalue weighted by atomic mass is 16.6. The number of rotatable bonds is 5. The predicted octanol–water partition coefficient (Wildman–Crippen LogP) is 3.58. The van der Waals surface area contributed by atoms with Crippen molar-refractivity contribution in [2.75, 3.05) is 18.4 Å². The minimum absolute atomic E-state index is 0.0388. The molecule has 2 aromatic rings. The van der Waals surface area contributed by atoms with Gasteiger partial charge in [0.1, 0.15) is 6.61 Å². The van der Waals surface area contributed by atoms with Crippen LogP contribution >= 0.6 is 0 Å². The number of nitrogens with zero attached hydrogens (tertiary/aromatic N) is 2. The predicted molar refractivity (Wildman–Crippen MR) is 137 cm³/mol. The summed E-state index contributed by atoms with van der Waals surface area (Å²) in [6.07, 6.45) is 2.00. The first-order valence-corrected chi connectivity index (χ1v) is 12.6. The van der Waals surface area contributed by atoms with Crippen LogP contribution in [0.15, 0.2) is 54.6 Å². The molecule has 1 atom stereocenters. The van der Waals surface area contributed by atoms with Crippen molar-refractivity contribution in [3.8, 4) is 0 Å². The van der Waals surface area contributed by atoms with Crippen molar-refractivity contribution in [2.24, 2.45) is 5.73 Å². The molecular formula is C27H35N5O4. The van der Waals surface area contributed by atoms with Crippen molar-refractivity contribution in [1.29, 1.82) is 0 Å². The third-order valence-corrected chi connectivity index (χ3v) is 6.71. The van der Waals surface area contributed by atoms with E-state index in [1.807, 2.05) is 55.5 Å². The molecule has 1 aliphatic heterocycles. The lowest BCUT2D eigenvalue weighted by molar-refractivity contribution is -0.133. The standard InChI is InChI=1S/C27H35N5O4/c1-19-7-5-10-23(17-19)30-26(34)31-15-6-16-32(27(35)36-18-20-8-3-2-4-9-20)25(31)24(33)29-22-13-11-21(28)12-14-22/h2-5,7-10,17,21-22,25H,6,11-16,18,28H2,1H3,(H,29,33)(H,30,34). The number of anilines is 1. The molecule has 0 aromatic heterocycles. The lowest BCUT2D eigenvalue weighted by atomic mass is 9.92. The summed E-state index contributed by atoms with van der Waals surface area (Å²) in [4.78, 5) is 42.8. The normalized spacial score (nSPS) is 22.0. The van der Waals surface area contributed by atoms with Crippen LogP contribution in [0.2, 0.25) is 0 Å². The highest BCUT2D eigenvalue weighted by molar-refractivity contribution is 5.95. The van der Waals surface area contributed by atoms with Crippen LogP contribution in [0.4, 0.5) is 15.3 Å². The van der Waals surface area contributed by atoms with Gasteiger partial charge in [-0.1, -0.05) is 42.5 Å². The fourth-order valence-corrected chi connectivity index (χ4v) is 4.77. The van der Waals surface area contributed by atoms with E-state index in [1.54, 1.807) is 6.07 Å². The van der Waals surface area contributed by atoms with E-state index < -0.39 is 18.3 Å². The van der Waals surface area contributed by atoms with Crippen molar-refractivity contribution >= 4 is 23.7 Å². The van der Waals surface area contributed by atoms with Crippen LogP contribution in [0.5, 0.6) is 0 Å². The van der Waals surface area contributed by atoms with Gasteiger partial charge in [-0.25, -0.2) is 9.59 Å². The third-order valence-electron chi connectivity index (χ3n) is 6.71. The van der Waals surface area contributed by atoms with Crippen molar-refractivity contribution in [1.82, 2.24) is 15.1 Å². The molecule has 36 heavy (non-hydrogen) atoms. The Hall–Kier alpha value is -3.59. The van der Waals surface area contributed by atoms with Gasteiger partial charge in [0.05, 0.1) is 0 Å². The summed E-state index contributed by atoms with van der Waals surface area (Å²) >= 11 is 0. The number of nitrogens with one attached hydrogen (secondary N) is 2. The monoisotopic (exact) mass is 493 g/mol. The number of nitrogens with two attached hydrogens (primary N) is 1. The van der Waals surface area contributed by atoms with Gasteiger partial charge in [-0.15, -0.1) is 0 Å². The van der Waals surface area contributed by atoms with Gasteiger partial charge < -0.3 is 21.1 Å². The Morgan fingerprint density at radius 2 is 1.69 bits per heavy atom. The Bertz CT molecular complexity index is 1060. The fourth-order valence-electron chi connectivity index (χ4n) is 4.77. The van der Waals surface area contributed by atoms with Crippen molar-refractivity contribution in [3.05, 3.63) is 65.7 Å². The molecule has 1 aliphatic carbocycles. The molecule has 1 saturated carbocycles. The second kappa shape index (κ2) is 11.9. The van der Waals surface area contributed by atoms with Crippen molar-refractivity contribution < 1.29 is 19.1 Å². The number of carbonyl (C=O) groups is 3. The topological polar surface area (TPSA) is 117 Å². The Morgan fingerprint density at radius 3 is 2.42 bits per heavy atom. The summed E-state index contributed by atoms with van der Waals surface area (Å²) in [7, 11) is 0. The Morgan fingerprint density at radius 1 is 0.972 bits per heavy atom. The maximum absolute atomic E-state index is 13.5. The van der Waals surface area contributed by atoms with Gasteiger partial charge in [-0.2, -0.15) is 0 Å². The molecule has 2 fully saturated rings. The number of ether oxygens (including phenoxy) is 1. The van der Waals surface area contributed by atoms with Gasteiger partial charge >= 0.3 is 12.1 Å². The van der Waals surface area contributed by atoms with Gasteiger partial charge in [0.25, 0.3) is 5.91 Å². The summed E-state index contributed by atoms with van der Waals surface area (Å²) in [6.45, 7) is 2.68. The van der Waals surface area contributed by atoms with Crippen LogP contribution in [0.3, 0.4) is 0 Å². The highest BCUT2D eigenvalue weighted by Gasteiger charge is 2.42. The first-order valence-electron chi connectivity index (χ1n) is 12.6. The summed E-state index contributed by atoms with van der Waals surface area (Å²) in [6, 6.07) is 16.5. The van der Waals surface area contributed by atoms with Gasteiger partial charge in [0.2, 0.25) is 0 Å². The Kier molecular flexibility index (Phi) is 8.43. The maximum atomic E-state index is 13.5. The van der Waals surface area contributed by atoms with Gasteiger partial charge in [0, 0.05) is 30.9 Å². The smallest absolute Gasteiger partial charge is 0.412 e. The SMILES string of the molecule is Cc1cccc(NC(=O)N2CCCN(C(=O)OCc3ccccc3)C2C(=O)NC2CCC(N)CC2)c1. The number of amides is 4. The van der Waals surface area contributed by atoms with Gasteiger partial charge in [0.15, 0.2) is 6.17 Å². The average Bonchev–Trinajstić information content (AvgIpc) is 2.88. The molecule has 9 heteroatoms. The highest BCUT2D eigenvalue weighted by Crippen LogP contribution is 2.22. The number of hydrogen-bond donors (Lipinski definition) is 3. The molecule has 1 unspecified atom stereocenters. The average molecular weight is 494 g/mol. The largest absolute Gasteiger partial charge is 0.444 e. The van der Waals surface area contributed by atoms with Gasteiger partial charge in [-0.05, 0) is 62.3 Å². The van der Waals surface area contributed by atoms with Crippen molar-refractivity contribution in [3.63, 3.8) is 0 Å². The molecule has 4 amide bonds. The number of benzene rings is 2. The van der Waals surface area contributed by atoms with E-state index in [4.69, 9.17) is 10.5 Å². The maximum Gasteiger partial charge on any atom is 0.412 e. The number of aryl methyl sites for hydroxylation is 1. The molecule has 1 heterocycles. The number of carbonyl (C=O) groups excluding carboxylic acids is 3. The molecule has 4 rings (SSSR count). The van der Waals surface area contributed by atoms with Crippen LogP contribution in [-0.2, 0) is 16.1 Å². The first-order chi connectivity index (χ1) is 17.4. The van der Waals surface area contributed by atoms with Crippen molar-refractivity contribution in [2.45, 2.75) is 63.9 Å². The molecule has 2 aliphatic rings. The zero-order chi connectivity index (χ0) is 25.5. The molecule has 1 saturated heterocycles. The lowest BCUT2D eigenvalue weighted by Gasteiger charge is -2.42. The second-order valence-corrected chi connectivity index (χ2v) is 9.57. The molecule has 0 radical (unpaired) electrons. The Balaban J connectivity index is 1.51. The summed E-state index contributed by atoms with van der Waals surface area (Å²) in [5, 5.41) is 5.94. The van der Waals surface area contributed by atoms with Crippen LogP contribution < -0.4 is 16.4 Å². The van der Waals surface area contributed by atoms with E-state index in [0.29, 0.717) is 25.2 Å². The van der Waals surface area contributed by atoms with E-state index >= 15 is 0 Å². The quantitative estimate of drug-likeness (QED) is 0.589. The van der Waals surface area contributed by atoms with E-state index in [1.165, 1.54) is 9.80 Å². The minimum atomic E-state index is -1.11. The van der Waals surface area contributed by atoms with E-state index in [0.717, 1.165) is 36.8 Å². The van der Waals surface area contributed by atoms with E-state index in [-0.39, 0.29) is 24.6 Å². The minimum Gasteiger partial charge on any atom is -0.444 e. The number of hydrogen-bond acceptors (Lipinski definition) is 5. The zero-order valence-corrected chi connectivity index (χ0v) is 20.7. The van der Waals surface area contributed by atoms with Gasteiger partial charge in [-0.3, -0.25) is 14.6 Å². The molecule has 9 nitrogen and oxygen atoms in total. The molecular weight excluding hydrogens is 458 g/mol. The summed E-state index contributed by atoms with van der Waals surface area (Å²) in [5.74, 6) is -0.383. The molecule has 0 bridgehead atoms. The molecule has 0 spiro atoms. The van der Waals surface area contributed by atoms with Crippen LogP contribution in [0, 0.1) is 6.92 Å². The summed E-state index contributed by atoms with van der Waals surface area (Å²) < 4.78 is 5.55. The second-order valence-electron chi connectivity index (χ2n) is 9.57. The van der Waals surface area contributed by atoms with Crippen LogP contribution in [-0.4, -0.2) is 59.2 Å². The summed E-state index contributed by atoms with van der Waals surface area (Å²) in [5.41, 5.74) is 8.49. The third kappa shape index (κ3) is 6.54. The van der Waals surface area contributed by atoms with Crippen LogP contribution in [0.25, 0.3) is 0 Å². The van der Waals surface area contributed by atoms with Crippen LogP contribution in [0.1, 0.15) is 43.2 Å². The Labute approximate surface area is 212 Å². The van der Waals surface area contributed by atoms with E-state index in [9.17, 15) is 14.4 Å². The lowest BCUT2D eigenvalue weighted by Crippen LogP contribution is -2.65. The number of urea groups is 1. The molecule has 2 aromatic carbocycles. The fraction of sp³-hybridized carbons (Fsp3) is 0.444. The first kappa shape index (κ1) is 25.5. The molecule has 4 N–H and O–H groups in total. The van der Waals surface area contributed by atoms with E-state index in [2.05, 4.69) is 10.6 Å².